The average Bonchev–Trinajstić information content (AvgIpc) is 3.85. The van der Waals surface area contributed by atoms with Crippen LogP contribution in [0.25, 0.3) is 31.6 Å². The Hall–Kier alpha value is -6.41. The van der Waals surface area contributed by atoms with Gasteiger partial charge in [0, 0.05) is 61.3 Å². The van der Waals surface area contributed by atoms with Gasteiger partial charge in [0.15, 0.2) is 10.3 Å². The third-order valence-corrected chi connectivity index (χ3v) is 12.9. The van der Waals surface area contributed by atoms with Crippen molar-refractivity contribution in [3.05, 3.63) is 47.8 Å². The van der Waals surface area contributed by atoms with Crippen molar-refractivity contribution in [3.8, 4) is 16.9 Å². The van der Waals surface area contributed by atoms with Crippen molar-refractivity contribution in [1.29, 1.82) is 0 Å². The maximum Gasteiger partial charge on any atom is 0.534 e. The van der Waals surface area contributed by atoms with Crippen LogP contribution in [0.3, 0.4) is 0 Å². The average molecular weight is 966 g/mol. The van der Waals surface area contributed by atoms with E-state index in [1.165, 1.54) is 32.5 Å². The first-order valence-electron chi connectivity index (χ1n) is 19.7. The molecule has 1 aliphatic rings. The van der Waals surface area contributed by atoms with Gasteiger partial charge >= 0.3 is 33.7 Å². The standard InChI is InChI=1S/C25H31N7O4S.C14H15F3N4O5S2/c1-5-25(21(33)34)7-9-32(10-8-25)22-27-13-17(14-28-22)16-11-18(15(3)31-36-4)20-19(12-16)29-24(37-20)30-23(35)26-6-2;1-4-18-12(22)20-13-19-10-6-8(26-28(23,24)14(15,16)17)5-9(11(10)27-13)7(2)21-25-3/h11-14H,5-10H2,1-4H3,(H,33,34)(H2,26,29,30,35);5-6H,4H2,1-3H3,(H2,18,19,20,22)/b31-15+;21-7+. The Kier molecular flexibility index (Phi) is 16.1. The molecular formula is C39H46F3N11O9S3. The summed E-state index contributed by atoms with van der Waals surface area (Å²) in [5.74, 6) is -0.754. The number of nitrogens with one attached hydrogen (secondary N) is 4. The third-order valence-electron chi connectivity index (χ3n) is 9.90. The van der Waals surface area contributed by atoms with E-state index in [0.717, 1.165) is 44.9 Å². The fourth-order valence-corrected chi connectivity index (χ4v) is 8.99. The number of benzene rings is 2. The number of rotatable bonds is 14. The first-order chi connectivity index (χ1) is 30.8. The SMILES string of the molecule is CCNC(=O)Nc1nc2cc(-c3cnc(N4CCC(CC)(C(=O)O)CC4)nc3)cc(/C(C)=N/OC)c2s1.CCNC(=O)Nc1nc2cc(OS(=O)(=O)C(F)(F)F)cc(/C(C)=N/OC)c2s1. The summed E-state index contributed by atoms with van der Waals surface area (Å²) in [4.78, 5) is 64.9. The number of fused-ring (bicyclic) bond motifs is 2. The van der Waals surface area contributed by atoms with Gasteiger partial charge < -0.3 is 34.5 Å². The van der Waals surface area contributed by atoms with E-state index < -0.39 is 38.8 Å². The zero-order chi connectivity index (χ0) is 47.7. The fourth-order valence-electron chi connectivity index (χ4n) is 6.54. The number of hydrogen-bond acceptors (Lipinski definition) is 17. The number of carbonyl (C=O) groups excluding carboxylic acids is 2. The molecule has 20 nitrogen and oxygen atoms in total. The van der Waals surface area contributed by atoms with Gasteiger partial charge in [0.1, 0.15) is 20.0 Å². The van der Waals surface area contributed by atoms with Crippen LogP contribution in [0.15, 0.2) is 47.0 Å². The minimum atomic E-state index is -5.87. The summed E-state index contributed by atoms with van der Waals surface area (Å²) < 4.78 is 65.9. The highest BCUT2D eigenvalue weighted by Gasteiger charge is 2.48. The van der Waals surface area contributed by atoms with Crippen LogP contribution in [0.1, 0.15) is 65.0 Å². The van der Waals surface area contributed by atoms with Crippen molar-refractivity contribution >= 4 is 98.9 Å². The van der Waals surface area contributed by atoms with Crippen molar-refractivity contribution in [3.63, 3.8) is 0 Å². The van der Waals surface area contributed by atoms with Crippen LogP contribution in [-0.2, 0) is 24.6 Å². The van der Waals surface area contributed by atoms with Crippen LogP contribution in [0, 0.1) is 5.41 Å². The quantitative estimate of drug-likeness (QED) is 0.0315. The lowest BCUT2D eigenvalue weighted by Crippen LogP contribution is -2.44. The molecule has 0 aliphatic carbocycles. The second-order valence-electron chi connectivity index (χ2n) is 14.1. The number of alkyl halides is 3. The summed E-state index contributed by atoms with van der Waals surface area (Å²) in [6, 6.07) is 5.16. The zero-order valence-electron chi connectivity index (χ0n) is 36.1. The smallest absolute Gasteiger partial charge is 0.481 e. The lowest BCUT2D eigenvalue weighted by molar-refractivity contribution is -0.150. The van der Waals surface area contributed by atoms with E-state index in [1.807, 2.05) is 37.8 Å². The van der Waals surface area contributed by atoms with Gasteiger partial charge in [0.2, 0.25) is 5.95 Å². The molecule has 5 aromatic rings. The normalized spacial score (nSPS) is 14.3. The predicted molar refractivity (Wildman–Crippen MR) is 242 cm³/mol. The first kappa shape index (κ1) is 49.6. The van der Waals surface area contributed by atoms with Crippen molar-refractivity contribution < 1.29 is 54.9 Å². The number of hydrogen-bond donors (Lipinski definition) is 5. The van der Waals surface area contributed by atoms with Gasteiger partial charge in [-0.05, 0) is 70.7 Å². The van der Waals surface area contributed by atoms with E-state index in [9.17, 15) is 41.1 Å². The maximum absolute atomic E-state index is 12.6. The number of halogens is 3. The predicted octanol–water partition coefficient (Wildman–Crippen LogP) is 7.38. The molecule has 4 heterocycles. The first-order valence-corrected chi connectivity index (χ1v) is 22.8. The van der Waals surface area contributed by atoms with Crippen molar-refractivity contribution in [2.45, 2.75) is 59.4 Å². The largest absolute Gasteiger partial charge is 0.534 e. The second kappa shape index (κ2) is 21.1. The van der Waals surface area contributed by atoms with Crippen LogP contribution in [0.4, 0.5) is 39.0 Å². The van der Waals surface area contributed by atoms with Crippen LogP contribution in [0.2, 0.25) is 0 Å². The minimum Gasteiger partial charge on any atom is -0.481 e. The number of oxime groups is 2. The molecule has 3 aromatic heterocycles. The molecule has 0 unspecified atom stereocenters. The highest BCUT2D eigenvalue weighted by molar-refractivity contribution is 7.88. The van der Waals surface area contributed by atoms with Gasteiger partial charge in [-0.3, -0.25) is 15.4 Å². The fraction of sp³-hybridized carbons (Fsp3) is 0.410. The summed E-state index contributed by atoms with van der Waals surface area (Å²) in [6.07, 6.45) is 5.27. The summed E-state index contributed by atoms with van der Waals surface area (Å²) in [5, 5.41) is 28.5. The van der Waals surface area contributed by atoms with Crippen molar-refractivity contribution in [2.75, 3.05) is 55.9 Å². The molecule has 2 aromatic carbocycles. The highest BCUT2D eigenvalue weighted by atomic mass is 32.2. The molecule has 4 amide bonds. The van der Waals surface area contributed by atoms with Gasteiger partial charge in [0.25, 0.3) is 0 Å². The van der Waals surface area contributed by atoms with E-state index in [2.05, 4.69) is 60.5 Å². The summed E-state index contributed by atoms with van der Waals surface area (Å²) in [5.41, 5.74) is -1.83. The second-order valence-corrected chi connectivity index (χ2v) is 17.6. The molecule has 1 saturated heterocycles. The van der Waals surface area contributed by atoms with E-state index in [0.29, 0.717) is 72.4 Å². The van der Waals surface area contributed by atoms with Crippen LogP contribution < -0.4 is 30.4 Å². The summed E-state index contributed by atoms with van der Waals surface area (Å²) in [7, 11) is -3.11. The van der Waals surface area contributed by atoms with Gasteiger partial charge in [0.05, 0.1) is 37.3 Å². The van der Waals surface area contributed by atoms with E-state index in [-0.39, 0.29) is 28.0 Å². The van der Waals surface area contributed by atoms with Gasteiger partial charge in [-0.2, -0.15) is 21.6 Å². The van der Waals surface area contributed by atoms with Gasteiger partial charge in [-0.15, -0.1) is 0 Å². The lowest BCUT2D eigenvalue weighted by Gasteiger charge is -2.38. The number of aromatic nitrogens is 4. The number of urea groups is 2. The zero-order valence-corrected chi connectivity index (χ0v) is 38.6. The number of carboxylic acid groups (broad SMARTS) is 1. The number of thiazole rings is 2. The lowest BCUT2D eigenvalue weighted by atomic mass is 9.76. The maximum atomic E-state index is 12.6. The molecule has 0 saturated carbocycles. The van der Waals surface area contributed by atoms with E-state index in [4.69, 9.17) is 4.84 Å². The van der Waals surface area contributed by atoms with E-state index >= 15 is 0 Å². The Balaban J connectivity index is 0.000000254. The molecule has 26 heteroatoms. The number of nitrogens with zero attached hydrogens (tertiary/aromatic N) is 7. The third kappa shape index (κ3) is 11.8. The number of carbonyl (C=O) groups is 3. The Morgan fingerprint density at radius 1 is 0.815 bits per heavy atom. The minimum absolute atomic E-state index is 0.104. The Bertz CT molecular complexity index is 2700. The Morgan fingerprint density at radius 3 is 1.75 bits per heavy atom. The molecule has 5 N–H and O–H groups in total. The Morgan fingerprint density at radius 2 is 1.31 bits per heavy atom. The molecule has 0 atom stereocenters. The molecule has 350 valence electrons. The van der Waals surface area contributed by atoms with Gasteiger partial charge in [-0.1, -0.05) is 39.9 Å². The number of amides is 4. The van der Waals surface area contributed by atoms with Crippen LogP contribution in [0.5, 0.6) is 5.75 Å². The highest BCUT2D eigenvalue weighted by Crippen LogP contribution is 2.38. The number of piperidine rings is 1. The molecule has 0 bridgehead atoms. The molecular weight excluding hydrogens is 920 g/mol. The van der Waals surface area contributed by atoms with Gasteiger partial charge in [-0.25, -0.2) is 29.5 Å². The topological polar surface area (TPSA) is 261 Å². The molecule has 65 heavy (non-hydrogen) atoms. The van der Waals surface area contributed by atoms with Crippen LogP contribution >= 0.6 is 22.7 Å². The van der Waals surface area contributed by atoms with Crippen LogP contribution in [-0.4, -0.2) is 109 Å². The number of anilines is 3. The van der Waals surface area contributed by atoms with E-state index in [1.54, 1.807) is 19.3 Å². The van der Waals surface area contributed by atoms with Crippen molar-refractivity contribution in [2.24, 2.45) is 15.7 Å². The molecule has 0 spiro atoms. The molecule has 0 radical (unpaired) electrons. The number of aliphatic carboxylic acids is 1. The van der Waals surface area contributed by atoms with Crippen molar-refractivity contribution in [1.82, 2.24) is 30.6 Å². The molecule has 1 aliphatic heterocycles. The monoisotopic (exact) mass is 965 g/mol. The summed E-state index contributed by atoms with van der Waals surface area (Å²) >= 11 is 2.38. The Labute approximate surface area is 378 Å². The molecule has 6 rings (SSSR count). The molecule has 1 fully saturated rings. The summed E-state index contributed by atoms with van der Waals surface area (Å²) in [6.45, 7) is 10.9. The number of carboxylic acids is 1.